The van der Waals surface area contributed by atoms with E-state index < -0.39 is 6.43 Å². The zero-order chi connectivity index (χ0) is 19.0. The molecule has 0 unspecified atom stereocenters. The number of aryl methyl sites for hydroxylation is 1. The second kappa shape index (κ2) is 7.13. The van der Waals surface area contributed by atoms with Gasteiger partial charge in [0.25, 0.3) is 12.0 Å². The van der Waals surface area contributed by atoms with Crippen LogP contribution in [0.25, 0.3) is 11.2 Å². The van der Waals surface area contributed by atoms with E-state index in [9.17, 15) is 13.6 Å². The fraction of sp³-hybridized carbons (Fsp3) is 0.400. The van der Waals surface area contributed by atoms with Crippen molar-refractivity contribution in [3.8, 4) is 0 Å². The zero-order valence-corrected chi connectivity index (χ0v) is 15.0. The van der Waals surface area contributed by atoms with Gasteiger partial charge in [0, 0.05) is 29.4 Å². The summed E-state index contributed by atoms with van der Waals surface area (Å²) in [5.41, 5.74) is 2.99. The van der Waals surface area contributed by atoms with Crippen LogP contribution in [0.3, 0.4) is 0 Å². The van der Waals surface area contributed by atoms with Crippen LogP contribution >= 0.6 is 0 Å². The van der Waals surface area contributed by atoms with E-state index in [1.165, 1.54) is 6.07 Å². The lowest BCUT2D eigenvalue weighted by Gasteiger charge is -2.29. The van der Waals surface area contributed by atoms with Crippen LogP contribution in [0.5, 0.6) is 0 Å². The second-order valence-corrected chi connectivity index (χ2v) is 7.13. The van der Waals surface area contributed by atoms with Gasteiger partial charge in [0.2, 0.25) is 0 Å². The first-order valence-corrected chi connectivity index (χ1v) is 9.12. The molecule has 1 N–H and O–H groups in total. The number of fused-ring (bicyclic) bond motifs is 1. The number of aromatic nitrogens is 4. The third-order valence-electron chi connectivity index (χ3n) is 5.37. The quantitative estimate of drug-likeness (QED) is 0.742. The minimum absolute atomic E-state index is 0.00780. The maximum absolute atomic E-state index is 13.3. The molecule has 1 fully saturated rings. The molecule has 1 aliphatic carbocycles. The van der Waals surface area contributed by atoms with Gasteiger partial charge in [-0.05, 0) is 56.7 Å². The molecular weight excluding hydrogens is 350 g/mol. The van der Waals surface area contributed by atoms with Crippen LogP contribution < -0.4 is 5.56 Å². The van der Waals surface area contributed by atoms with E-state index in [-0.39, 0.29) is 23.0 Å². The van der Waals surface area contributed by atoms with Crippen molar-refractivity contribution in [3.05, 3.63) is 63.5 Å². The highest BCUT2D eigenvalue weighted by atomic mass is 19.3. The maximum atomic E-state index is 13.3. The molecule has 140 valence electrons. The molecule has 0 aliphatic heterocycles. The van der Waals surface area contributed by atoms with Crippen molar-refractivity contribution in [2.45, 2.75) is 50.9 Å². The van der Waals surface area contributed by atoms with Gasteiger partial charge in [-0.2, -0.15) is 0 Å². The second-order valence-electron chi connectivity index (χ2n) is 7.13. The predicted molar refractivity (Wildman–Crippen MR) is 98.0 cm³/mol. The highest BCUT2D eigenvalue weighted by molar-refractivity contribution is 5.70. The molecule has 27 heavy (non-hydrogen) atoms. The average molecular weight is 370 g/mol. The van der Waals surface area contributed by atoms with E-state index in [0.717, 1.165) is 31.4 Å². The molecule has 0 bridgehead atoms. The number of hydrogen-bond acceptors (Lipinski definition) is 4. The fourth-order valence-corrected chi connectivity index (χ4v) is 4.01. The Labute approximate surface area is 154 Å². The van der Waals surface area contributed by atoms with Crippen LogP contribution in [0.4, 0.5) is 8.78 Å². The largest absolute Gasteiger partial charge is 0.305 e. The van der Waals surface area contributed by atoms with Gasteiger partial charge < -0.3 is 4.98 Å². The van der Waals surface area contributed by atoms with Crippen LogP contribution in [0.15, 0.2) is 35.4 Å². The van der Waals surface area contributed by atoms with Gasteiger partial charge >= 0.3 is 0 Å². The van der Waals surface area contributed by atoms with E-state index in [1.54, 1.807) is 18.5 Å². The first kappa shape index (κ1) is 17.7. The lowest BCUT2D eigenvalue weighted by molar-refractivity contribution is 0.148. The Balaban J connectivity index is 1.56. The van der Waals surface area contributed by atoms with Crippen molar-refractivity contribution in [1.29, 1.82) is 0 Å². The Morgan fingerprint density at radius 3 is 2.63 bits per heavy atom. The summed E-state index contributed by atoms with van der Waals surface area (Å²) in [6, 6.07) is 4.82. The van der Waals surface area contributed by atoms with Crippen LogP contribution in [-0.4, -0.2) is 19.9 Å². The molecule has 1 saturated carbocycles. The topological polar surface area (TPSA) is 71.5 Å². The monoisotopic (exact) mass is 370 g/mol. The fourth-order valence-electron chi connectivity index (χ4n) is 4.01. The van der Waals surface area contributed by atoms with Gasteiger partial charge in [0.1, 0.15) is 5.52 Å². The Hall–Kier alpha value is -2.70. The molecule has 7 heteroatoms. The summed E-state index contributed by atoms with van der Waals surface area (Å²) in [7, 11) is 0. The minimum atomic E-state index is -2.52. The molecule has 5 nitrogen and oxygen atoms in total. The van der Waals surface area contributed by atoms with E-state index >= 15 is 0 Å². The molecule has 0 amide bonds. The SMILES string of the molecule is Cc1cnc2cc(C3CCC(c4ncccc4C(F)F)CC3)c(=O)[nH]c2n1. The van der Waals surface area contributed by atoms with Gasteiger partial charge in [-0.1, -0.05) is 0 Å². The highest BCUT2D eigenvalue weighted by Gasteiger charge is 2.29. The normalized spacial score (nSPS) is 20.3. The summed E-state index contributed by atoms with van der Waals surface area (Å²) >= 11 is 0. The van der Waals surface area contributed by atoms with Crippen molar-refractivity contribution in [2.24, 2.45) is 0 Å². The number of hydrogen-bond donors (Lipinski definition) is 1. The molecule has 0 saturated heterocycles. The smallest absolute Gasteiger partial charge is 0.265 e. The number of aromatic amines is 1. The molecule has 4 rings (SSSR count). The molecule has 3 aromatic rings. The Morgan fingerprint density at radius 1 is 1.15 bits per heavy atom. The summed E-state index contributed by atoms with van der Waals surface area (Å²) in [6.45, 7) is 1.82. The summed E-state index contributed by atoms with van der Waals surface area (Å²) in [4.78, 5) is 28.2. The number of rotatable bonds is 3. The van der Waals surface area contributed by atoms with Crippen molar-refractivity contribution < 1.29 is 8.78 Å². The van der Waals surface area contributed by atoms with Crippen molar-refractivity contribution >= 4 is 11.2 Å². The number of H-pyrrole nitrogens is 1. The summed E-state index contributed by atoms with van der Waals surface area (Å²) in [6.07, 6.45) is 3.72. The van der Waals surface area contributed by atoms with E-state index in [0.29, 0.717) is 22.4 Å². The molecule has 0 aromatic carbocycles. The van der Waals surface area contributed by atoms with Gasteiger partial charge in [-0.15, -0.1) is 0 Å². The van der Waals surface area contributed by atoms with Gasteiger partial charge in [0.05, 0.1) is 11.4 Å². The van der Waals surface area contributed by atoms with Crippen LogP contribution in [0, 0.1) is 6.92 Å². The Kier molecular flexibility index (Phi) is 4.68. The van der Waals surface area contributed by atoms with Crippen molar-refractivity contribution in [2.75, 3.05) is 0 Å². The standard InChI is InChI=1S/C20H20F2N4O/c1-11-10-24-16-9-15(20(27)26-19(16)25-11)12-4-6-13(7-5-12)17-14(18(21)22)3-2-8-23-17/h2-3,8-10,12-13,18H,4-7H2,1H3,(H,25,26,27). The molecule has 1 aliphatic rings. The number of nitrogens with zero attached hydrogens (tertiary/aromatic N) is 3. The zero-order valence-electron chi connectivity index (χ0n) is 15.0. The van der Waals surface area contributed by atoms with E-state index in [2.05, 4.69) is 19.9 Å². The van der Waals surface area contributed by atoms with Gasteiger partial charge in [-0.3, -0.25) is 14.8 Å². The first-order valence-electron chi connectivity index (χ1n) is 9.12. The van der Waals surface area contributed by atoms with Crippen LogP contribution in [-0.2, 0) is 0 Å². The predicted octanol–water partition coefficient (Wildman–Crippen LogP) is 4.40. The first-order chi connectivity index (χ1) is 13.0. The number of halogens is 2. The summed E-state index contributed by atoms with van der Waals surface area (Å²) < 4.78 is 26.5. The Bertz CT molecular complexity index is 1030. The molecule has 3 aromatic heterocycles. The van der Waals surface area contributed by atoms with E-state index in [4.69, 9.17) is 0 Å². The molecule has 3 heterocycles. The van der Waals surface area contributed by atoms with E-state index in [1.807, 2.05) is 13.0 Å². The number of pyridine rings is 2. The Morgan fingerprint density at radius 2 is 1.89 bits per heavy atom. The van der Waals surface area contributed by atoms with Crippen LogP contribution in [0.1, 0.15) is 66.5 Å². The van der Waals surface area contributed by atoms with Gasteiger partial charge in [0.15, 0.2) is 5.65 Å². The third-order valence-corrected chi connectivity index (χ3v) is 5.37. The third kappa shape index (κ3) is 3.46. The molecule has 0 radical (unpaired) electrons. The number of alkyl halides is 2. The minimum Gasteiger partial charge on any atom is -0.305 e. The van der Waals surface area contributed by atoms with Gasteiger partial charge in [-0.25, -0.2) is 13.8 Å². The lowest BCUT2D eigenvalue weighted by Crippen LogP contribution is -2.21. The summed E-state index contributed by atoms with van der Waals surface area (Å²) in [5.74, 6) is 0.102. The molecule has 0 spiro atoms. The average Bonchev–Trinajstić information content (AvgIpc) is 2.67. The maximum Gasteiger partial charge on any atom is 0.265 e. The molecular formula is C20H20F2N4O. The lowest BCUT2D eigenvalue weighted by atomic mass is 9.77. The summed E-state index contributed by atoms with van der Waals surface area (Å²) in [5, 5.41) is 0. The molecule has 0 atom stereocenters. The van der Waals surface area contributed by atoms with Crippen molar-refractivity contribution in [3.63, 3.8) is 0 Å². The van der Waals surface area contributed by atoms with Crippen LogP contribution in [0.2, 0.25) is 0 Å². The number of nitrogens with one attached hydrogen (secondary N) is 1. The van der Waals surface area contributed by atoms with Crippen molar-refractivity contribution in [1.82, 2.24) is 19.9 Å². The highest BCUT2D eigenvalue weighted by Crippen LogP contribution is 2.41.